The molecule has 3 rings (SSSR count). The minimum absolute atomic E-state index is 0.720. The van der Waals surface area contributed by atoms with Crippen molar-refractivity contribution in [3.8, 4) is 22.8 Å². The lowest BCUT2D eigenvalue weighted by Gasteiger charge is -2.05. The summed E-state index contributed by atoms with van der Waals surface area (Å²) in [5.41, 5.74) is 3.48. The van der Waals surface area contributed by atoms with E-state index in [1.807, 2.05) is 36.0 Å². The molecule has 0 N–H and O–H groups in total. The molecule has 4 heteroatoms. The van der Waals surface area contributed by atoms with Gasteiger partial charge in [0.05, 0.1) is 0 Å². The molecule has 0 aliphatic heterocycles. The largest absolute Gasteiger partial charge is 0.248 e. The Balaban J connectivity index is 1.43. The topological polar surface area (TPSA) is 30.7 Å². The Morgan fingerprint density at radius 1 is 0.710 bits per heavy atom. The highest BCUT2D eigenvalue weighted by atomic mass is 35.5. The van der Waals surface area contributed by atoms with Crippen LogP contribution in [0.5, 0.6) is 0 Å². The molecule has 1 aromatic heterocycles. The number of benzene rings is 2. The molecule has 3 nitrogen and oxygen atoms in total. The lowest BCUT2D eigenvalue weighted by atomic mass is 10.0. The van der Waals surface area contributed by atoms with Crippen molar-refractivity contribution in [2.75, 3.05) is 0 Å². The van der Waals surface area contributed by atoms with Crippen molar-refractivity contribution in [2.45, 2.75) is 77.6 Å². The van der Waals surface area contributed by atoms with E-state index in [-0.39, 0.29) is 0 Å². The molecule has 0 amide bonds. The van der Waals surface area contributed by atoms with E-state index in [2.05, 4.69) is 36.3 Å². The first-order valence-electron chi connectivity index (χ1n) is 11.9. The summed E-state index contributed by atoms with van der Waals surface area (Å²) in [6.07, 6.45) is 15.0. The van der Waals surface area contributed by atoms with Crippen molar-refractivity contribution in [3.63, 3.8) is 0 Å². The number of nitrogens with zero attached hydrogens (tertiary/aromatic N) is 3. The number of hydrogen-bond donors (Lipinski definition) is 0. The van der Waals surface area contributed by atoms with E-state index in [0.29, 0.717) is 0 Å². The number of hydrogen-bond acceptors (Lipinski definition) is 2. The van der Waals surface area contributed by atoms with Crippen LogP contribution < -0.4 is 0 Å². The lowest BCUT2D eigenvalue weighted by Crippen LogP contribution is -1.95. The van der Waals surface area contributed by atoms with Crippen molar-refractivity contribution >= 4 is 11.6 Å². The van der Waals surface area contributed by atoms with Gasteiger partial charge in [0.1, 0.15) is 0 Å². The van der Waals surface area contributed by atoms with Crippen LogP contribution in [0, 0.1) is 0 Å². The predicted octanol–water partition coefficient (Wildman–Crippen LogP) is 8.27. The average Bonchev–Trinajstić information content (AvgIpc) is 3.17. The highest BCUT2D eigenvalue weighted by Crippen LogP contribution is 2.24. The minimum atomic E-state index is 0.720. The van der Waals surface area contributed by atoms with Crippen molar-refractivity contribution in [1.29, 1.82) is 0 Å². The number of aryl methyl sites for hydroxylation is 2. The summed E-state index contributed by atoms with van der Waals surface area (Å²) < 4.78 is 1.85. The second-order valence-corrected chi connectivity index (χ2v) is 8.95. The zero-order valence-electron chi connectivity index (χ0n) is 19.1. The zero-order valence-corrected chi connectivity index (χ0v) is 19.9. The van der Waals surface area contributed by atoms with E-state index >= 15 is 0 Å². The standard InChI is InChI=1S/C27H36ClN3/c1-3-4-5-6-7-8-9-10-11-12-13-22-14-16-24(17-15-22)27-29-26(30-31(27)2)23-18-20-25(28)21-19-23/h14-21H,3-13H2,1-2H3. The second-order valence-electron chi connectivity index (χ2n) is 8.52. The van der Waals surface area contributed by atoms with Gasteiger partial charge in [-0.25, -0.2) is 9.67 Å². The van der Waals surface area contributed by atoms with Crippen LogP contribution in [0.2, 0.25) is 5.02 Å². The molecule has 31 heavy (non-hydrogen) atoms. The number of halogens is 1. The predicted molar refractivity (Wildman–Crippen MR) is 132 cm³/mol. The smallest absolute Gasteiger partial charge is 0.181 e. The molecule has 2 aromatic carbocycles. The summed E-state index contributed by atoms with van der Waals surface area (Å²) in [7, 11) is 1.94. The lowest BCUT2D eigenvalue weighted by molar-refractivity contribution is 0.556. The summed E-state index contributed by atoms with van der Waals surface area (Å²) >= 11 is 5.99. The summed E-state index contributed by atoms with van der Waals surface area (Å²) in [5.74, 6) is 1.61. The van der Waals surface area contributed by atoms with Crippen molar-refractivity contribution < 1.29 is 0 Å². The van der Waals surface area contributed by atoms with Gasteiger partial charge in [0.2, 0.25) is 0 Å². The molecular weight excluding hydrogens is 402 g/mol. The van der Waals surface area contributed by atoms with Gasteiger partial charge in [0.15, 0.2) is 11.6 Å². The molecule has 1 heterocycles. The number of rotatable bonds is 13. The molecule has 0 fully saturated rings. The van der Waals surface area contributed by atoms with Crippen LogP contribution in [0.3, 0.4) is 0 Å². The molecule has 0 saturated heterocycles. The number of unbranched alkanes of at least 4 members (excludes halogenated alkanes) is 9. The van der Waals surface area contributed by atoms with Crippen molar-refractivity contribution in [3.05, 3.63) is 59.1 Å². The van der Waals surface area contributed by atoms with Crippen molar-refractivity contribution in [1.82, 2.24) is 14.8 Å². The van der Waals surface area contributed by atoms with Gasteiger partial charge >= 0.3 is 0 Å². The van der Waals surface area contributed by atoms with Gasteiger partial charge in [-0.15, -0.1) is 0 Å². The molecule has 3 aromatic rings. The summed E-state index contributed by atoms with van der Waals surface area (Å²) in [6.45, 7) is 2.28. The van der Waals surface area contributed by atoms with Gasteiger partial charge in [-0.2, -0.15) is 5.10 Å². The summed E-state index contributed by atoms with van der Waals surface area (Å²) in [6, 6.07) is 16.5. The Kier molecular flexibility index (Phi) is 9.61. The Labute approximate surface area is 192 Å². The van der Waals surface area contributed by atoms with E-state index in [1.54, 1.807) is 0 Å². The third-order valence-electron chi connectivity index (χ3n) is 5.90. The van der Waals surface area contributed by atoms with Crippen molar-refractivity contribution in [2.24, 2.45) is 7.05 Å². The molecule has 0 aliphatic rings. The van der Waals surface area contributed by atoms with Gasteiger partial charge in [0, 0.05) is 23.2 Å². The normalized spacial score (nSPS) is 11.2. The van der Waals surface area contributed by atoms with E-state index in [4.69, 9.17) is 16.6 Å². The average molecular weight is 438 g/mol. The maximum atomic E-state index is 5.99. The van der Waals surface area contributed by atoms with E-state index < -0.39 is 0 Å². The van der Waals surface area contributed by atoms with E-state index in [0.717, 1.165) is 34.2 Å². The number of aromatic nitrogens is 3. The first-order valence-corrected chi connectivity index (χ1v) is 12.3. The fourth-order valence-electron chi connectivity index (χ4n) is 3.99. The van der Waals surface area contributed by atoms with Crippen LogP contribution in [0.25, 0.3) is 22.8 Å². The van der Waals surface area contributed by atoms with Crippen LogP contribution in [0.15, 0.2) is 48.5 Å². The van der Waals surface area contributed by atoms with Crippen LogP contribution in [-0.4, -0.2) is 14.8 Å². The molecule has 0 spiro atoms. The molecule has 166 valence electrons. The van der Waals surface area contributed by atoms with E-state index in [1.165, 1.54) is 69.8 Å². The fraction of sp³-hybridized carbons (Fsp3) is 0.481. The molecular formula is C27H36ClN3. The molecule has 0 aliphatic carbocycles. The maximum Gasteiger partial charge on any atom is 0.181 e. The molecule has 0 unspecified atom stereocenters. The first kappa shape index (κ1) is 23.5. The molecule has 0 saturated carbocycles. The van der Waals surface area contributed by atoms with Crippen LogP contribution in [-0.2, 0) is 13.5 Å². The monoisotopic (exact) mass is 437 g/mol. The highest BCUT2D eigenvalue weighted by molar-refractivity contribution is 6.30. The van der Waals surface area contributed by atoms with Gasteiger partial charge in [0.25, 0.3) is 0 Å². The van der Waals surface area contributed by atoms with Crippen LogP contribution in [0.4, 0.5) is 0 Å². The third-order valence-corrected chi connectivity index (χ3v) is 6.15. The van der Waals surface area contributed by atoms with Crippen LogP contribution in [0.1, 0.15) is 76.7 Å². The van der Waals surface area contributed by atoms with Crippen LogP contribution >= 0.6 is 11.6 Å². The summed E-state index contributed by atoms with van der Waals surface area (Å²) in [4.78, 5) is 4.75. The second kappa shape index (κ2) is 12.7. The Morgan fingerprint density at radius 3 is 1.87 bits per heavy atom. The highest BCUT2D eigenvalue weighted by Gasteiger charge is 2.11. The minimum Gasteiger partial charge on any atom is -0.248 e. The molecule has 0 bridgehead atoms. The van der Waals surface area contributed by atoms with Gasteiger partial charge in [-0.3, -0.25) is 0 Å². The SMILES string of the molecule is CCCCCCCCCCCCc1ccc(-c2nc(-c3ccc(Cl)cc3)nn2C)cc1. The maximum absolute atomic E-state index is 5.99. The Bertz CT molecular complexity index is 897. The zero-order chi connectivity index (χ0) is 21.9. The van der Waals surface area contributed by atoms with E-state index in [9.17, 15) is 0 Å². The van der Waals surface area contributed by atoms with Gasteiger partial charge < -0.3 is 0 Å². The quantitative estimate of drug-likeness (QED) is 0.252. The summed E-state index contributed by atoms with van der Waals surface area (Å²) in [5, 5.41) is 5.30. The molecule has 0 atom stereocenters. The van der Waals surface area contributed by atoms with Gasteiger partial charge in [-0.1, -0.05) is 101 Å². The Hall–Kier alpha value is -2.13. The third kappa shape index (κ3) is 7.50. The first-order chi connectivity index (χ1) is 15.2. The van der Waals surface area contributed by atoms with Gasteiger partial charge in [-0.05, 0) is 42.7 Å². The molecule has 0 radical (unpaired) electrons. The Morgan fingerprint density at radius 2 is 1.26 bits per heavy atom. The fourth-order valence-corrected chi connectivity index (χ4v) is 4.12.